The molecule has 2 atom stereocenters. The van der Waals surface area contributed by atoms with Crippen molar-refractivity contribution in [2.75, 3.05) is 0 Å². The van der Waals surface area contributed by atoms with Crippen LogP contribution in [0.15, 0.2) is 12.1 Å². The van der Waals surface area contributed by atoms with Crippen molar-refractivity contribution in [2.24, 2.45) is 5.92 Å². The minimum Gasteiger partial charge on any atom is -0.481 e. The number of hydrogen-bond donors (Lipinski definition) is 2. The third-order valence-electron chi connectivity index (χ3n) is 3.11. The molecule has 1 saturated carbocycles. The van der Waals surface area contributed by atoms with Gasteiger partial charge in [-0.1, -0.05) is 11.6 Å². The molecule has 0 radical (unpaired) electrons. The van der Waals surface area contributed by atoms with Gasteiger partial charge in [-0.05, 0) is 31.4 Å². The zero-order valence-corrected chi connectivity index (χ0v) is 11.3. The Kier molecular flexibility index (Phi) is 4.24. The molecule has 1 amide bonds. The van der Waals surface area contributed by atoms with Gasteiger partial charge in [0.1, 0.15) is 0 Å². The Balaban J connectivity index is 1.80. The van der Waals surface area contributed by atoms with Gasteiger partial charge < -0.3 is 10.4 Å². The van der Waals surface area contributed by atoms with E-state index in [1.54, 1.807) is 6.07 Å². The average Bonchev–Trinajstić information content (AvgIpc) is 2.88. The normalized spacial score (nSPS) is 22.9. The fourth-order valence-electron chi connectivity index (χ4n) is 2.22. The van der Waals surface area contributed by atoms with Crippen LogP contribution in [0.3, 0.4) is 0 Å². The molecule has 1 aromatic heterocycles. The number of amides is 1. The summed E-state index contributed by atoms with van der Waals surface area (Å²) in [5.41, 5.74) is 0. The van der Waals surface area contributed by atoms with Crippen LogP contribution in [-0.2, 0) is 16.0 Å². The van der Waals surface area contributed by atoms with Crippen molar-refractivity contribution >= 4 is 34.8 Å². The van der Waals surface area contributed by atoms with E-state index < -0.39 is 5.97 Å². The molecule has 18 heavy (non-hydrogen) atoms. The van der Waals surface area contributed by atoms with Gasteiger partial charge in [0.15, 0.2) is 0 Å². The molecule has 0 aliphatic heterocycles. The van der Waals surface area contributed by atoms with Crippen molar-refractivity contribution in [3.05, 3.63) is 21.3 Å². The lowest BCUT2D eigenvalue weighted by Crippen LogP contribution is -2.34. The fraction of sp³-hybridized carbons (Fsp3) is 0.500. The highest BCUT2D eigenvalue weighted by atomic mass is 35.5. The van der Waals surface area contributed by atoms with Crippen LogP contribution >= 0.6 is 22.9 Å². The molecule has 4 nitrogen and oxygen atoms in total. The van der Waals surface area contributed by atoms with E-state index >= 15 is 0 Å². The molecule has 0 bridgehead atoms. The summed E-state index contributed by atoms with van der Waals surface area (Å²) in [7, 11) is 0. The number of carbonyl (C=O) groups excluding carboxylic acids is 1. The first-order valence-electron chi connectivity index (χ1n) is 5.81. The minimum absolute atomic E-state index is 0.00552. The quantitative estimate of drug-likeness (QED) is 0.893. The Morgan fingerprint density at radius 1 is 1.44 bits per heavy atom. The summed E-state index contributed by atoms with van der Waals surface area (Å²) >= 11 is 7.18. The summed E-state index contributed by atoms with van der Waals surface area (Å²) in [6.07, 6.45) is 2.23. The monoisotopic (exact) mass is 287 g/mol. The van der Waals surface area contributed by atoms with Gasteiger partial charge in [0.25, 0.3) is 0 Å². The van der Waals surface area contributed by atoms with Crippen molar-refractivity contribution in [3.63, 3.8) is 0 Å². The van der Waals surface area contributed by atoms with Gasteiger partial charge >= 0.3 is 5.97 Å². The maximum absolute atomic E-state index is 11.8. The summed E-state index contributed by atoms with van der Waals surface area (Å²) in [5, 5.41) is 11.8. The Morgan fingerprint density at radius 2 is 2.22 bits per heavy atom. The van der Waals surface area contributed by atoms with Crippen molar-refractivity contribution in [1.29, 1.82) is 0 Å². The fourth-order valence-corrected chi connectivity index (χ4v) is 3.31. The first-order chi connectivity index (χ1) is 8.54. The van der Waals surface area contributed by atoms with E-state index in [9.17, 15) is 9.59 Å². The number of hydrogen-bond acceptors (Lipinski definition) is 3. The summed E-state index contributed by atoms with van der Waals surface area (Å²) in [5.74, 6) is -1.15. The first kappa shape index (κ1) is 13.4. The maximum atomic E-state index is 11.8. The van der Waals surface area contributed by atoms with Gasteiger partial charge in [0.05, 0.1) is 16.7 Å². The van der Waals surface area contributed by atoms with Gasteiger partial charge in [-0.2, -0.15) is 0 Å². The molecule has 0 spiro atoms. The number of carboxylic acid groups (broad SMARTS) is 1. The lowest BCUT2D eigenvalue weighted by atomic mass is 10.1. The Bertz CT molecular complexity index is 460. The maximum Gasteiger partial charge on any atom is 0.306 e. The van der Waals surface area contributed by atoms with Crippen LogP contribution in [-0.4, -0.2) is 23.0 Å². The molecule has 0 saturated heterocycles. The summed E-state index contributed by atoms with van der Waals surface area (Å²) < 4.78 is 0.671. The SMILES string of the molecule is O=C(Cc1ccc(Cl)s1)N[C@@H]1CC[C@H](C(=O)O)C1. The van der Waals surface area contributed by atoms with Crippen LogP contribution in [0.25, 0.3) is 0 Å². The standard InChI is InChI=1S/C12H14ClNO3S/c13-10-4-3-9(18-10)6-11(15)14-8-2-1-7(5-8)12(16)17/h3-4,7-8H,1-2,5-6H2,(H,14,15)(H,16,17)/t7-,8+/m0/s1. The number of carboxylic acids is 1. The van der Waals surface area contributed by atoms with Gasteiger partial charge in [0.2, 0.25) is 5.91 Å². The third kappa shape index (κ3) is 3.46. The van der Waals surface area contributed by atoms with Gasteiger partial charge in [-0.3, -0.25) is 9.59 Å². The zero-order chi connectivity index (χ0) is 13.1. The zero-order valence-electron chi connectivity index (χ0n) is 9.69. The second-order valence-electron chi connectivity index (χ2n) is 4.50. The smallest absolute Gasteiger partial charge is 0.306 e. The molecular formula is C12H14ClNO3S. The number of carbonyl (C=O) groups is 2. The molecule has 1 fully saturated rings. The molecule has 2 rings (SSSR count). The van der Waals surface area contributed by atoms with Gasteiger partial charge in [0, 0.05) is 10.9 Å². The highest BCUT2D eigenvalue weighted by molar-refractivity contribution is 7.16. The molecule has 0 unspecified atom stereocenters. The molecule has 2 N–H and O–H groups in total. The van der Waals surface area contributed by atoms with Crippen molar-refractivity contribution in [1.82, 2.24) is 5.32 Å². The molecule has 6 heteroatoms. The first-order valence-corrected chi connectivity index (χ1v) is 7.00. The van der Waals surface area contributed by atoms with Crippen LogP contribution < -0.4 is 5.32 Å². The minimum atomic E-state index is -0.767. The van der Waals surface area contributed by atoms with Crippen LogP contribution in [0, 0.1) is 5.92 Å². The predicted octanol–water partition coefficient (Wildman–Crippen LogP) is 2.31. The second-order valence-corrected chi connectivity index (χ2v) is 6.29. The third-order valence-corrected chi connectivity index (χ3v) is 4.34. The van der Waals surface area contributed by atoms with Gasteiger partial charge in [-0.25, -0.2) is 0 Å². The highest BCUT2D eigenvalue weighted by Crippen LogP contribution is 2.26. The molecule has 98 valence electrons. The van der Waals surface area contributed by atoms with E-state index in [0.29, 0.717) is 23.6 Å². The van der Waals surface area contributed by atoms with Crippen molar-refractivity contribution in [3.8, 4) is 0 Å². The van der Waals surface area contributed by atoms with Crippen LogP contribution in [0.1, 0.15) is 24.1 Å². The van der Waals surface area contributed by atoms with E-state index in [4.69, 9.17) is 16.7 Å². The number of nitrogens with one attached hydrogen (secondary N) is 1. The lowest BCUT2D eigenvalue weighted by molar-refractivity contribution is -0.141. The Morgan fingerprint density at radius 3 is 2.78 bits per heavy atom. The van der Waals surface area contributed by atoms with Crippen molar-refractivity contribution in [2.45, 2.75) is 31.7 Å². The lowest BCUT2D eigenvalue weighted by Gasteiger charge is -2.11. The molecule has 1 heterocycles. The predicted molar refractivity (Wildman–Crippen MR) is 69.9 cm³/mol. The topological polar surface area (TPSA) is 66.4 Å². The number of aliphatic carboxylic acids is 1. The Hall–Kier alpha value is -1.07. The van der Waals surface area contributed by atoms with E-state index in [1.807, 2.05) is 6.07 Å². The van der Waals surface area contributed by atoms with Gasteiger partial charge in [-0.15, -0.1) is 11.3 Å². The number of halogens is 1. The molecule has 0 aromatic carbocycles. The Labute approximate surface area is 114 Å². The van der Waals surface area contributed by atoms with Crippen LogP contribution in [0.2, 0.25) is 4.34 Å². The van der Waals surface area contributed by atoms with Crippen LogP contribution in [0.4, 0.5) is 0 Å². The molecule has 1 aromatic rings. The summed E-state index contributed by atoms with van der Waals surface area (Å²) in [4.78, 5) is 23.5. The number of rotatable bonds is 4. The average molecular weight is 288 g/mol. The highest BCUT2D eigenvalue weighted by Gasteiger charge is 2.30. The van der Waals surface area contributed by atoms with E-state index in [-0.39, 0.29) is 17.9 Å². The number of thiophene rings is 1. The second kappa shape index (κ2) is 5.71. The van der Waals surface area contributed by atoms with E-state index in [1.165, 1.54) is 11.3 Å². The van der Waals surface area contributed by atoms with Crippen LogP contribution in [0.5, 0.6) is 0 Å². The molecule has 1 aliphatic carbocycles. The van der Waals surface area contributed by atoms with E-state index in [2.05, 4.69) is 5.32 Å². The van der Waals surface area contributed by atoms with Crippen molar-refractivity contribution < 1.29 is 14.7 Å². The molecule has 1 aliphatic rings. The van der Waals surface area contributed by atoms with E-state index in [0.717, 1.165) is 11.3 Å². The molecular weight excluding hydrogens is 274 g/mol. The largest absolute Gasteiger partial charge is 0.481 e. The summed E-state index contributed by atoms with van der Waals surface area (Å²) in [6.45, 7) is 0. The summed E-state index contributed by atoms with van der Waals surface area (Å²) in [6, 6.07) is 3.60.